The standard InChI is InChI=1S/C20H14F2N4OS/c21-17-6-5-14(9-18(17)22)28-26-13-3-1-12(2-4-13)16-10-19(24-11-27)25-20-15(16)7-8-23-20/h1-11,26H,(H2,23,24,25,27). The maximum Gasteiger partial charge on any atom is 0.212 e. The summed E-state index contributed by atoms with van der Waals surface area (Å²) in [5.41, 5.74) is 3.36. The van der Waals surface area contributed by atoms with Gasteiger partial charge in [0.2, 0.25) is 6.41 Å². The maximum atomic E-state index is 13.3. The second-order valence-corrected chi connectivity index (χ2v) is 6.79. The van der Waals surface area contributed by atoms with Gasteiger partial charge in [-0.25, -0.2) is 13.8 Å². The average molecular weight is 396 g/mol. The van der Waals surface area contributed by atoms with E-state index in [9.17, 15) is 13.6 Å². The zero-order chi connectivity index (χ0) is 19.5. The van der Waals surface area contributed by atoms with E-state index in [2.05, 4.69) is 20.0 Å². The van der Waals surface area contributed by atoms with Crippen molar-refractivity contribution in [3.05, 3.63) is 72.4 Å². The molecule has 2 heterocycles. The Morgan fingerprint density at radius 1 is 1.00 bits per heavy atom. The van der Waals surface area contributed by atoms with Crippen LogP contribution in [0.5, 0.6) is 0 Å². The summed E-state index contributed by atoms with van der Waals surface area (Å²) in [7, 11) is 0. The molecular formula is C20H14F2N4OS. The number of aromatic amines is 1. The summed E-state index contributed by atoms with van der Waals surface area (Å²) in [6.45, 7) is 0. The summed E-state index contributed by atoms with van der Waals surface area (Å²) in [6, 6.07) is 15.1. The van der Waals surface area contributed by atoms with Gasteiger partial charge in [-0.2, -0.15) is 0 Å². The summed E-state index contributed by atoms with van der Waals surface area (Å²) in [5.74, 6) is -1.29. The number of nitrogens with one attached hydrogen (secondary N) is 3. The molecule has 4 aromatic rings. The number of hydrogen-bond acceptors (Lipinski definition) is 4. The van der Waals surface area contributed by atoms with Crippen LogP contribution in [0.2, 0.25) is 0 Å². The third-order valence-electron chi connectivity index (χ3n) is 4.11. The quantitative estimate of drug-likeness (QED) is 0.310. The zero-order valence-corrected chi connectivity index (χ0v) is 15.2. The highest BCUT2D eigenvalue weighted by molar-refractivity contribution is 8.00. The molecule has 0 radical (unpaired) electrons. The van der Waals surface area contributed by atoms with Crippen LogP contribution in [0, 0.1) is 11.6 Å². The van der Waals surface area contributed by atoms with Crippen molar-refractivity contribution < 1.29 is 13.6 Å². The highest BCUT2D eigenvalue weighted by atomic mass is 32.2. The number of nitrogens with zero attached hydrogens (tertiary/aromatic N) is 1. The Kier molecular flexibility index (Phi) is 4.94. The van der Waals surface area contributed by atoms with Gasteiger partial charge < -0.3 is 15.0 Å². The molecule has 0 aliphatic carbocycles. The van der Waals surface area contributed by atoms with Gasteiger partial charge in [0.25, 0.3) is 0 Å². The SMILES string of the molecule is O=CNc1cc(-c2ccc(NSc3ccc(F)c(F)c3)cc2)c2cc[nH]c2n1. The van der Waals surface area contributed by atoms with E-state index in [0.717, 1.165) is 34.3 Å². The normalized spacial score (nSPS) is 10.8. The van der Waals surface area contributed by atoms with Crippen LogP contribution in [0.15, 0.2) is 65.7 Å². The molecule has 140 valence electrons. The van der Waals surface area contributed by atoms with Gasteiger partial charge in [-0.3, -0.25) is 4.79 Å². The third-order valence-corrected chi connectivity index (χ3v) is 4.94. The summed E-state index contributed by atoms with van der Waals surface area (Å²) < 4.78 is 29.4. The minimum Gasteiger partial charge on any atom is -0.346 e. The number of hydrogen-bond donors (Lipinski definition) is 3. The van der Waals surface area contributed by atoms with Gasteiger partial charge in [0.15, 0.2) is 11.6 Å². The Morgan fingerprint density at radius 3 is 2.57 bits per heavy atom. The Labute approximate surface area is 163 Å². The first-order valence-electron chi connectivity index (χ1n) is 8.31. The monoisotopic (exact) mass is 396 g/mol. The molecule has 0 unspecified atom stereocenters. The van der Waals surface area contributed by atoms with E-state index in [1.165, 1.54) is 18.0 Å². The Balaban J connectivity index is 1.56. The van der Waals surface area contributed by atoms with Crippen LogP contribution in [-0.2, 0) is 4.79 Å². The van der Waals surface area contributed by atoms with Crippen molar-refractivity contribution in [2.75, 3.05) is 10.0 Å². The van der Waals surface area contributed by atoms with E-state index < -0.39 is 11.6 Å². The fourth-order valence-electron chi connectivity index (χ4n) is 2.79. The molecule has 0 atom stereocenters. The lowest BCUT2D eigenvalue weighted by Gasteiger charge is -2.09. The van der Waals surface area contributed by atoms with E-state index in [4.69, 9.17) is 0 Å². The number of H-pyrrole nitrogens is 1. The van der Waals surface area contributed by atoms with Gasteiger partial charge in [0, 0.05) is 22.2 Å². The fraction of sp³-hybridized carbons (Fsp3) is 0. The number of carbonyl (C=O) groups excluding carboxylic acids is 1. The Hall–Kier alpha value is -3.39. The van der Waals surface area contributed by atoms with Gasteiger partial charge in [-0.1, -0.05) is 12.1 Å². The number of halogens is 2. The van der Waals surface area contributed by atoms with Crippen LogP contribution < -0.4 is 10.0 Å². The molecule has 4 rings (SSSR count). The van der Waals surface area contributed by atoms with E-state index in [1.807, 2.05) is 36.4 Å². The van der Waals surface area contributed by atoms with Crippen molar-refractivity contribution in [3.8, 4) is 11.1 Å². The molecule has 28 heavy (non-hydrogen) atoms. The molecule has 2 aromatic carbocycles. The number of aromatic nitrogens is 2. The zero-order valence-electron chi connectivity index (χ0n) is 14.4. The molecule has 8 heteroatoms. The average Bonchev–Trinajstić information content (AvgIpc) is 3.18. The second kappa shape index (κ2) is 7.69. The fourth-order valence-corrected chi connectivity index (χ4v) is 3.46. The smallest absolute Gasteiger partial charge is 0.212 e. The molecule has 0 saturated heterocycles. The summed E-state index contributed by atoms with van der Waals surface area (Å²) in [5, 5.41) is 3.51. The molecule has 3 N–H and O–H groups in total. The van der Waals surface area contributed by atoms with E-state index in [1.54, 1.807) is 6.20 Å². The molecule has 0 bridgehead atoms. The van der Waals surface area contributed by atoms with Crippen LogP contribution in [0.4, 0.5) is 20.3 Å². The van der Waals surface area contributed by atoms with Gasteiger partial charge in [-0.15, -0.1) is 0 Å². The topological polar surface area (TPSA) is 69.8 Å². The summed E-state index contributed by atoms with van der Waals surface area (Å²) >= 11 is 1.19. The number of amides is 1. The first-order valence-corrected chi connectivity index (χ1v) is 9.12. The molecule has 0 fully saturated rings. The van der Waals surface area contributed by atoms with Crippen molar-refractivity contribution in [1.29, 1.82) is 0 Å². The first kappa shape index (κ1) is 18.0. The van der Waals surface area contributed by atoms with Gasteiger partial charge >= 0.3 is 0 Å². The highest BCUT2D eigenvalue weighted by Crippen LogP contribution is 2.31. The van der Waals surface area contributed by atoms with Gasteiger partial charge in [0.1, 0.15) is 11.5 Å². The predicted octanol–water partition coefficient (Wildman–Crippen LogP) is 5.20. The van der Waals surface area contributed by atoms with Crippen molar-refractivity contribution in [3.63, 3.8) is 0 Å². The lowest BCUT2D eigenvalue weighted by atomic mass is 10.0. The summed E-state index contributed by atoms with van der Waals surface area (Å²) in [4.78, 5) is 18.7. The van der Waals surface area contributed by atoms with Crippen molar-refractivity contribution in [2.24, 2.45) is 0 Å². The van der Waals surface area contributed by atoms with E-state index >= 15 is 0 Å². The molecule has 2 aromatic heterocycles. The molecule has 0 saturated carbocycles. The molecule has 0 aliphatic heterocycles. The van der Waals surface area contributed by atoms with Crippen molar-refractivity contribution >= 4 is 40.9 Å². The van der Waals surface area contributed by atoms with Crippen LogP contribution >= 0.6 is 11.9 Å². The van der Waals surface area contributed by atoms with Gasteiger partial charge in [-0.05, 0) is 65.5 Å². The van der Waals surface area contributed by atoms with E-state index in [-0.39, 0.29) is 0 Å². The predicted molar refractivity (Wildman–Crippen MR) is 107 cm³/mol. The van der Waals surface area contributed by atoms with E-state index in [0.29, 0.717) is 22.8 Å². The molecule has 1 amide bonds. The lowest BCUT2D eigenvalue weighted by molar-refractivity contribution is -0.105. The molecule has 0 aliphatic rings. The number of rotatable bonds is 6. The lowest BCUT2D eigenvalue weighted by Crippen LogP contribution is -1.97. The number of benzene rings is 2. The Morgan fingerprint density at radius 2 is 1.82 bits per heavy atom. The molecular weight excluding hydrogens is 382 g/mol. The maximum absolute atomic E-state index is 13.3. The highest BCUT2D eigenvalue weighted by Gasteiger charge is 2.09. The first-order chi connectivity index (χ1) is 13.6. The Bertz CT molecular complexity index is 1140. The number of pyridine rings is 1. The number of carbonyl (C=O) groups is 1. The minimum absolute atomic E-state index is 0.455. The minimum atomic E-state index is -0.880. The van der Waals surface area contributed by atoms with Gasteiger partial charge in [0.05, 0.1) is 0 Å². The summed E-state index contributed by atoms with van der Waals surface area (Å²) in [6.07, 6.45) is 2.38. The van der Waals surface area contributed by atoms with Crippen LogP contribution in [0.3, 0.4) is 0 Å². The molecule has 0 spiro atoms. The van der Waals surface area contributed by atoms with Crippen LogP contribution in [-0.4, -0.2) is 16.4 Å². The molecule has 5 nitrogen and oxygen atoms in total. The largest absolute Gasteiger partial charge is 0.346 e. The van der Waals surface area contributed by atoms with Crippen molar-refractivity contribution in [1.82, 2.24) is 9.97 Å². The number of anilines is 2. The van der Waals surface area contributed by atoms with Crippen molar-refractivity contribution in [2.45, 2.75) is 4.90 Å². The van der Waals surface area contributed by atoms with Crippen LogP contribution in [0.1, 0.15) is 0 Å². The second-order valence-electron chi connectivity index (χ2n) is 5.91. The van der Waals surface area contributed by atoms with Crippen LogP contribution in [0.25, 0.3) is 22.2 Å². The third kappa shape index (κ3) is 3.67. The number of fused-ring (bicyclic) bond motifs is 1.